The topological polar surface area (TPSA) is 0 Å². The van der Waals surface area contributed by atoms with Crippen molar-refractivity contribution in [3.8, 4) is 22.3 Å². The van der Waals surface area contributed by atoms with E-state index in [4.69, 9.17) is 0 Å². The first-order valence-electron chi connectivity index (χ1n) is 11.2. The van der Waals surface area contributed by atoms with Crippen LogP contribution >= 0.6 is 0 Å². The molecule has 0 saturated carbocycles. The Hall–Kier alpha value is -3.90. The van der Waals surface area contributed by atoms with Crippen LogP contribution in [0.5, 0.6) is 0 Å². The quantitative estimate of drug-likeness (QED) is 0.251. The molecule has 0 aliphatic carbocycles. The van der Waals surface area contributed by atoms with Crippen LogP contribution in [-0.2, 0) is 0 Å². The van der Waals surface area contributed by atoms with E-state index < -0.39 is 0 Å². The second-order valence-corrected chi connectivity index (χ2v) is 8.62. The van der Waals surface area contributed by atoms with Crippen molar-refractivity contribution in [1.29, 1.82) is 0 Å². The molecule has 0 aliphatic rings. The van der Waals surface area contributed by atoms with Gasteiger partial charge in [-0.25, -0.2) is 0 Å². The fraction of sp³-hybridized carbons (Fsp3) is 0.0625. The SMILES string of the molecule is Cc1cc2ccccc2c(C)c1-c1c2ccccc2c(-c2ccccc2)c2ccccc12. The summed E-state index contributed by atoms with van der Waals surface area (Å²) in [6, 6.07) is 39.6. The lowest BCUT2D eigenvalue weighted by atomic mass is 9.82. The highest BCUT2D eigenvalue weighted by molar-refractivity contribution is 6.22. The molecular formula is C32H24. The van der Waals surface area contributed by atoms with Gasteiger partial charge < -0.3 is 0 Å². The number of fused-ring (bicyclic) bond motifs is 3. The Bertz CT molecular complexity index is 1560. The van der Waals surface area contributed by atoms with E-state index in [9.17, 15) is 0 Å². The van der Waals surface area contributed by atoms with Crippen molar-refractivity contribution in [3.63, 3.8) is 0 Å². The standard InChI is InChI=1S/C32H24/c1-21-20-24-14-6-7-15-25(24)22(2)30(21)32-28-18-10-8-16-26(28)31(23-12-4-3-5-13-23)27-17-9-11-19-29(27)32/h3-20H,1-2H3. The summed E-state index contributed by atoms with van der Waals surface area (Å²) in [7, 11) is 0. The summed E-state index contributed by atoms with van der Waals surface area (Å²) in [4.78, 5) is 0. The lowest BCUT2D eigenvalue weighted by Crippen LogP contribution is -1.95. The van der Waals surface area contributed by atoms with Gasteiger partial charge in [0.25, 0.3) is 0 Å². The summed E-state index contributed by atoms with van der Waals surface area (Å²) in [6.45, 7) is 4.53. The Labute approximate surface area is 188 Å². The molecule has 0 fully saturated rings. The van der Waals surface area contributed by atoms with Crippen molar-refractivity contribution < 1.29 is 0 Å². The van der Waals surface area contributed by atoms with E-state index in [1.165, 1.54) is 65.7 Å². The highest BCUT2D eigenvalue weighted by Crippen LogP contribution is 2.46. The molecular weight excluding hydrogens is 384 g/mol. The zero-order chi connectivity index (χ0) is 21.7. The molecule has 6 aromatic carbocycles. The van der Waals surface area contributed by atoms with Crippen LogP contribution in [0.4, 0.5) is 0 Å². The van der Waals surface area contributed by atoms with Crippen molar-refractivity contribution >= 4 is 32.3 Å². The Morgan fingerprint density at radius 2 is 0.875 bits per heavy atom. The monoisotopic (exact) mass is 408 g/mol. The van der Waals surface area contributed by atoms with E-state index in [0.29, 0.717) is 0 Å². The number of hydrogen-bond acceptors (Lipinski definition) is 0. The minimum atomic E-state index is 1.26. The van der Waals surface area contributed by atoms with Crippen LogP contribution in [0.25, 0.3) is 54.6 Å². The molecule has 0 radical (unpaired) electrons. The Kier molecular flexibility index (Phi) is 4.33. The van der Waals surface area contributed by atoms with E-state index in [0.717, 1.165) is 0 Å². The third-order valence-corrected chi connectivity index (χ3v) is 6.75. The van der Waals surface area contributed by atoms with E-state index >= 15 is 0 Å². The Morgan fingerprint density at radius 1 is 0.406 bits per heavy atom. The molecule has 152 valence electrons. The zero-order valence-electron chi connectivity index (χ0n) is 18.4. The number of aryl methyl sites for hydroxylation is 2. The predicted molar refractivity (Wildman–Crippen MR) is 139 cm³/mol. The van der Waals surface area contributed by atoms with Gasteiger partial charge in [0.1, 0.15) is 0 Å². The van der Waals surface area contributed by atoms with E-state index in [2.05, 4.69) is 123 Å². The lowest BCUT2D eigenvalue weighted by Gasteiger charge is -2.21. The average Bonchev–Trinajstić information content (AvgIpc) is 2.84. The van der Waals surface area contributed by atoms with Crippen molar-refractivity contribution in [2.75, 3.05) is 0 Å². The van der Waals surface area contributed by atoms with Gasteiger partial charge >= 0.3 is 0 Å². The fourth-order valence-electron chi connectivity index (χ4n) is 5.40. The average molecular weight is 409 g/mol. The van der Waals surface area contributed by atoms with Crippen LogP contribution in [0.3, 0.4) is 0 Å². The number of benzene rings is 6. The summed E-state index contributed by atoms with van der Waals surface area (Å²) in [5, 5.41) is 7.87. The second kappa shape index (κ2) is 7.35. The summed E-state index contributed by atoms with van der Waals surface area (Å²) in [6.07, 6.45) is 0. The Balaban J connectivity index is 1.84. The maximum absolute atomic E-state index is 2.34. The lowest BCUT2D eigenvalue weighted by molar-refractivity contribution is 1.43. The van der Waals surface area contributed by atoms with Gasteiger partial charge in [0.2, 0.25) is 0 Å². The van der Waals surface area contributed by atoms with E-state index in [1.807, 2.05) is 0 Å². The van der Waals surface area contributed by atoms with Crippen molar-refractivity contribution in [1.82, 2.24) is 0 Å². The van der Waals surface area contributed by atoms with Crippen molar-refractivity contribution in [2.24, 2.45) is 0 Å². The van der Waals surface area contributed by atoms with Crippen LogP contribution < -0.4 is 0 Å². The first kappa shape index (κ1) is 18.8. The summed E-state index contributed by atoms with van der Waals surface area (Å²) in [5.74, 6) is 0. The van der Waals surface area contributed by atoms with Gasteiger partial charge in [0.15, 0.2) is 0 Å². The smallest absolute Gasteiger partial charge is 0.00208 e. The molecule has 0 spiro atoms. The van der Waals surface area contributed by atoms with Crippen molar-refractivity contribution in [3.05, 3.63) is 120 Å². The molecule has 6 rings (SSSR count). The molecule has 0 saturated heterocycles. The Morgan fingerprint density at radius 3 is 1.47 bits per heavy atom. The molecule has 0 aromatic heterocycles. The third kappa shape index (κ3) is 2.77. The highest BCUT2D eigenvalue weighted by Gasteiger charge is 2.19. The van der Waals surface area contributed by atoms with Gasteiger partial charge in [-0.05, 0) is 79.5 Å². The largest absolute Gasteiger partial charge is 0.0622 e. The maximum Gasteiger partial charge on any atom is -0.00208 e. The second-order valence-electron chi connectivity index (χ2n) is 8.62. The minimum absolute atomic E-state index is 1.26. The van der Waals surface area contributed by atoms with Crippen LogP contribution in [0.15, 0.2) is 109 Å². The van der Waals surface area contributed by atoms with Gasteiger partial charge in [0, 0.05) is 0 Å². The first-order chi connectivity index (χ1) is 15.7. The van der Waals surface area contributed by atoms with Gasteiger partial charge in [-0.3, -0.25) is 0 Å². The molecule has 6 aromatic rings. The molecule has 0 aliphatic heterocycles. The number of rotatable bonds is 2. The molecule has 0 amide bonds. The molecule has 0 atom stereocenters. The van der Waals surface area contributed by atoms with Gasteiger partial charge in [-0.15, -0.1) is 0 Å². The van der Waals surface area contributed by atoms with Crippen molar-refractivity contribution in [2.45, 2.75) is 13.8 Å². The molecule has 32 heavy (non-hydrogen) atoms. The van der Waals surface area contributed by atoms with Crippen LogP contribution in [0.1, 0.15) is 11.1 Å². The molecule has 0 nitrogen and oxygen atoms in total. The minimum Gasteiger partial charge on any atom is -0.0622 e. The van der Waals surface area contributed by atoms with Gasteiger partial charge in [-0.1, -0.05) is 109 Å². The molecule has 0 unspecified atom stereocenters. The summed E-state index contributed by atoms with van der Waals surface area (Å²) < 4.78 is 0. The first-order valence-corrected chi connectivity index (χ1v) is 11.2. The summed E-state index contributed by atoms with van der Waals surface area (Å²) >= 11 is 0. The molecule has 0 heteroatoms. The van der Waals surface area contributed by atoms with Gasteiger partial charge in [0.05, 0.1) is 0 Å². The molecule has 0 heterocycles. The van der Waals surface area contributed by atoms with Crippen LogP contribution in [-0.4, -0.2) is 0 Å². The number of hydrogen-bond donors (Lipinski definition) is 0. The van der Waals surface area contributed by atoms with Crippen LogP contribution in [0, 0.1) is 13.8 Å². The zero-order valence-corrected chi connectivity index (χ0v) is 18.4. The van der Waals surface area contributed by atoms with E-state index in [-0.39, 0.29) is 0 Å². The predicted octanol–water partition coefficient (Wildman–Crippen LogP) is 9.10. The molecule has 0 bridgehead atoms. The fourth-order valence-corrected chi connectivity index (χ4v) is 5.40. The van der Waals surface area contributed by atoms with Crippen LogP contribution in [0.2, 0.25) is 0 Å². The third-order valence-electron chi connectivity index (χ3n) is 6.75. The maximum atomic E-state index is 2.34. The van der Waals surface area contributed by atoms with E-state index in [1.54, 1.807) is 0 Å². The highest BCUT2D eigenvalue weighted by atomic mass is 14.2. The summed E-state index contributed by atoms with van der Waals surface area (Å²) in [5.41, 5.74) is 7.95. The molecule has 0 N–H and O–H groups in total. The van der Waals surface area contributed by atoms with Gasteiger partial charge in [-0.2, -0.15) is 0 Å². The normalized spacial score (nSPS) is 11.4.